The van der Waals surface area contributed by atoms with E-state index in [-0.39, 0.29) is 11.5 Å². The van der Waals surface area contributed by atoms with Crippen molar-refractivity contribution in [2.75, 3.05) is 0 Å². The fourth-order valence-electron chi connectivity index (χ4n) is 2.38. The molecule has 2 nitrogen and oxygen atoms in total. The number of allylic oxidation sites excluding steroid dienone is 1. The van der Waals surface area contributed by atoms with Gasteiger partial charge in [-0.1, -0.05) is 51.8 Å². The first kappa shape index (κ1) is 19.7. The summed E-state index contributed by atoms with van der Waals surface area (Å²) in [6, 6.07) is 21.7. The van der Waals surface area contributed by atoms with Crippen LogP contribution < -0.4 is 0 Å². The summed E-state index contributed by atoms with van der Waals surface area (Å²) in [5.74, 6) is 0.819. The molecule has 5 heteroatoms. The summed E-state index contributed by atoms with van der Waals surface area (Å²) in [4.78, 5) is 13.7. The molecule has 0 aliphatic heterocycles. The second-order valence-electron chi connectivity index (χ2n) is 5.85. The lowest BCUT2D eigenvalue weighted by Gasteiger charge is -2.08. The second kappa shape index (κ2) is 9.27. The predicted octanol–water partition coefficient (Wildman–Crippen LogP) is 6.97. The summed E-state index contributed by atoms with van der Waals surface area (Å²) >= 11 is 10.8. The molecule has 0 radical (unpaired) electrons. The van der Waals surface area contributed by atoms with Crippen LogP contribution in [0.3, 0.4) is 0 Å². The minimum absolute atomic E-state index is 0.0328. The molecule has 0 fully saturated rings. The Morgan fingerprint density at radius 2 is 1.59 bits per heavy atom. The first-order chi connectivity index (χ1) is 13.0. The SMILES string of the molecule is O=C(C(=Cc1ccc(O)cc1)SCc1ccc(Cl)cc1)c1ccc(Br)cc1. The summed E-state index contributed by atoms with van der Waals surface area (Å²) in [7, 11) is 0. The average molecular weight is 460 g/mol. The van der Waals surface area contributed by atoms with Crippen LogP contribution in [0.5, 0.6) is 5.75 Å². The Labute approximate surface area is 176 Å². The van der Waals surface area contributed by atoms with Gasteiger partial charge in [0.2, 0.25) is 0 Å². The number of benzene rings is 3. The zero-order valence-corrected chi connectivity index (χ0v) is 17.4. The topological polar surface area (TPSA) is 37.3 Å². The number of phenols is 1. The lowest BCUT2D eigenvalue weighted by atomic mass is 10.1. The van der Waals surface area contributed by atoms with Crippen molar-refractivity contribution in [2.45, 2.75) is 5.75 Å². The van der Waals surface area contributed by atoms with Gasteiger partial charge < -0.3 is 5.11 Å². The van der Waals surface area contributed by atoms with E-state index in [2.05, 4.69) is 15.9 Å². The van der Waals surface area contributed by atoms with Gasteiger partial charge in [0.05, 0.1) is 4.91 Å². The van der Waals surface area contributed by atoms with Gasteiger partial charge in [-0.25, -0.2) is 0 Å². The highest BCUT2D eigenvalue weighted by molar-refractivity contribution is 9.10. The van der Waals surface area contributed by atoms with Crippen molar-refractivity contribution in [3.8, 4) is 5.75 Å². The van der Waals surface area contributed by atoms with Crippen LogP contribution in [0, 0.1) is 0 Å². The van der Waals surface area contributed by atoms with Crippen molar-refractivity contribution in [1.82, 2.24) is 0 Å². The summed E-state index contributed by atoms with van der Waals surface area (Å²) < 4.78 is 0.928. The van der Waals surface area contributed by atoms with Crippen molar-refractivity contribution >= 4 is 51.2 Å². The summed E-state index contributed by atoms with van der Waals surface area (Å²) in [5.41, 5.74) is 2.58. The molecule has 27 heavy (non-hydrogen) atoms. The van der Waals surface area contributed by atoms with Gasteiger partial charge in [0, 0.05) is 20.8 Å². The molecule has 0 atom stereocenters. The number of hydrogen-bond acceptors (Lipinski definition) is 3. The van der Waals surface area contributed by atoms with Crippen LogP contribution in [0.1, 0.15) is 21.5 Å². The minimum Gasteiger partial charge on any atom is -0.508 e. The molecular formula is C22H16BrClO2S. The molecule has 0 amide bonds. The van der Waals surface area contributed by atoms with E-state index in [0.29, 0.717) is 21.2 Å². The molecule has 0 spiro atoms. The van der Waals surface area contributed by atoms with Crippen LogP contribution in [0.15, 0.2) is 82.2 Å². The van der Waals surface area contributed by atoms with Gasteiger partial charge in [-0.15, -0.1) is 11.8 Å². The van der Waals surface area contributed by atoms with E-state index in [1.807, 2.05) is 42.5 Å². The number of rotatable bonds is 6. The van der Waals surface area contributed by atoms with Crippen molar-refractivity contribution in [3.63, 3.8) is 0 Å². The largest absolute Gasteiger partial charge is 0.508 e. The molecule has 3 rings (SSSR count). The second-order valence-corrected chi connectivity index (χ2v) is 8.22. The molecule has 0 saturated heterocycles. The van der Waals surface area contributed by atoms with E-state index in [9.17, 15) is 9.90 Å². The quantitative estimate of drug-likeness (QED) is 0.319. The van der Waals surface area contributed by atoms with Gasteiger partial charge >= 0.3 is 0 Å². The minimum atomic E-state index is -0.0328. The van der Waals surface area contributed by atoms with E-state index in [1.165, 1.54) is 11.8 Å². The highest BCUT2D eigenvalue weighted by atomic mass is 79.9. The maximum Gasteiger partial charge on any atom is 0.199 e. The first-order valence-electron chi connectivity index (χ1n) is 8.19. The van der Waals surface area contributed by atoms with E-state index in [1.54, 1.807) is 36.4 Å². The van der Waals surface area contributed by atoms with E-state index in [0.717, 1.165) is 15.6 Å². The van der Waals surface area contributed by atoms with E-state index < -0.39 is 0 Å². The highest BCUT2D eigenvalue weighted by Crippen LogP contribution is 2.28. The monoisotopic (exact) mass is 458 g/mol. The molecule has 0 bridgehead atoms. The van der Waals surface area contributed by atoms with Crippen LogP contribution in [0.2, 0.25) is 5.02 Å². The molecule has 1 N–H and O–H groups in total. The smallest absolute Gasteiger partial charge is 0.199 e. The van der Waals surface area contributed by atoms with Crippen LogP contribution in [-0.4, -0.2) is 10.9 Å². The lowest BCUT2D eigenvalue weighted by Crippen LogP contribution is -2.01. The van der Waals surface area contributed by atoms with Crippen LogP contribution in [-0.2, 0) is 5.75 Å². The molecule has 0 aliphatic rings. The number of Topliss-reactive ketones (excluding diaryl/α,β-unsaturated/α-hetero) is 1. The van der Waals surface area contributed by atoms with Crippen molar-refractivity contribution in [3.05, 3.63) is 104 Å². The lowest BCUT2D eigenvalue weighted by molar-refractivity contribution is 0.104. The number of halogens is 2. The number of carbonyl (C=O) groups excluding carboxylic acids is 1. The van der Waals surface area contributed by atoms with E-state index >= 15 is 0 Å². The third kappa shape index (κ3) is 5.73. The highest BCUT2D eigenvalue weighted by Gasteiger charge is 2.14. The van der Waals surface area contributed by atoms with Crippen LogP contribution in [0.4, 0.5) is 0 Å². The maximum absolute atomic E-state index is 13.0. The number of hydrogen-bond donors (Lipinski definition) is 1. The third-order valence-electron chi connectivity index (χ3n) is 3.83. The van der Waals surface area contributed by atoms with Gasteiger partial charge in [-0.3, -0.25) is 4.79 Å². The predicted molar refractivity (Wildman–Crippen MR) is 117 cm³/mol. The molecule has 3 aromatic carbocycles. The standard InChI is InChI=1S/C22H16BrClO2S/c23-18-7-5-17(6-8-18)22(26)21(13-15-3-11-20(25)12-4-15)27-14-16-1-9-19(24)10-2-16/h1-13,25H,14H2. The zero-order valence-electron chi connectivity index (χ0n) is 14.2. The Kier molecular flexibility index (Phi) is 6.78. The van der Waals surface area contributed by atoms with Gasteiger partial charge in [0.15, 0.2) is 5.78 Å². The van der Waals surface area contributed by atoms with Crippen LogP contribution in [0.25, 0.3) is 6.08 Å². The average Bonchev–Trinajstić information content (AvgIpc) is 2.68. The zero-order chi connectivity index (χ0) is 19.2. The molecular weight excluding hydrogens is 444 g/mol. The molecule has 3 aromatic rings. The van der Waals surface area contributed by atoms with E-state index in [4.69, 9.17) is 11.6 Å². The normalized spacial score (nSPS) is 11.4. The van der Waals surface area contributed by atoms with Gasteiger partial charge in [0.1, 0.15) is 5.75 Å². The Hall–Kier alpha value is -2.01. The number of ketones is 1. The number of aromatic hydroxyl groups is 1. The molecule has 0 heterocycles. The molecule has 0 aromatic heterocycles. The fourth-order valence-corrected chi connectivity index (χ4v) is 3.75. The molecule has 0 saturated carbocycles. The van der Waals surface area contributed by atoms with Crippen molar-refractivity contribution in [2.24, 2.45) is 0 Å². The molecule has 136 valence electrons. The van der Waals surface area contributed by atoms with Crippen molar-refractivity contribution in [1.29, 1.82) is 0 Å². The molecule has 0 unspecified atom stereocenters. The Morgan fingerprint density at radius 1 is 0.963 bits per heavy atom. The summed E-state index contributed by atoms with van der Waals surface area (Å²) in [6.45, 7) is 0. The Bertz CT molecular complexity index is 949. The first-order valence-corrected chi connectivity index (χ1v) is 10.4. The van der Waals surface area contributed by atoms with Gasteiger partial charge in [-0.05, 0) is 65.7 Å². The number of thioether (sulfide) groups is 1. The van der Waals surface area contributed by atoms with Gasteiger partial charge in [0.25, 0.3) is 0 Å². The Balaban J connectivity index is 1.87. The molecule has 0 aliphatic carbocycles. The Morgan fingerprint density at radius 3 is 2.22 bits per heavy atom. The number of phenolic OH excluding ortho intramolecular Hbond substituents is 1. The summed E-state index contributed by atoms with van der Waals surface area (Å²) in [6.07, 6.45) is 1.85. The maximum atomic E-state index is 13.0. The van der Waals surface area contributed by atoms with Crippen LogP contribution >= 0.6 is 39.3 Å². The fraction of sp³-hybridized carbons (Fsp3) is 0.0455. The third-order valence-corrected chi connectivity index (χ3v) is 5.70. The van der Waals surface area contributed by atoms with Crippen molar-refractivity contribution < 1.29 is 9.90 Å². The summed E-state index contributed by atoms with van der Waals surface area (Å²) in [5, 5.41) is 10.2. The van der Waals surface area contributed by atoms with Gasteiger partial charge in [-0.2, -0.15) is 0 Å². The number of carbonyl (C=O) groups is 1.